The van der Waals surface area contributed by atoms with E-state index < -0.39 is 6.67 Å². The number of nitrogen functional groups attached to an aromatic ring is 1. The van der Waals surface area contributed by atoms with E-state index >= 15 is 0 Å². The van der Waals surface area contributed by atoms with Gasteiger partial charge in [-0.3, -0.25) is 0 Å². The Bertz CT molecular complexity index is 236. The molecule has 10 heavy (non-hydrogen) atoms. The van der Waals surface area contributed by atoms with E-state index in [9.17, 15) is 4.39 Å². The molecule has 0 aromatic carbocycles. The van der Waals surface area contributed by atoms with Crippen LogP contribution < -0.4 is 5.73 Å². The second-order valence-electron chi connectivity index (χ2n) is 2.03. The van der Waals surface area contributed by atoms with Crippen LogP contribution in [0.1, 0.15) is 11.3 Å². The maximum Gasteiger partial charge on any atom is 0.146 e. The van der Waals surface area contributed by atoms with Gasteiger partial charge in [-0.05, 0) is 18.6 Å². The van der Waals surface area contributed by atoms with Gasteiger partial charge in [-0.2, -0.15) is 5.10 Å². The first-order chi connectivity index (χ1) is 4.74. The minimum Gasteiger partial charge on any atom is -0.382 e. The van der Waals surface area contributed by atoms with E-state index in [4.69, 9.17) is 5.73 Å². The molecule has 0 radical (unpaired) electrons. The Kier molecular flexibility index (Phi) is 1.80. The maximum absolute atomic E-state index is 12.0. The Labute approximate surface area is 58.1 Å². The van der Waals surface area contributed by atoms with Crippen LogP contribution in [0.4, 0.5) is 10.2 Å². The largest absolute Gasteiger partial charge is 0.382 e. The lowest BCUT2D eigenvalue weighted by Gasteiger charge is -1.97. The lowest BCUT2D eigenvalue weighted by molar-refractivity contribution is 0.470. The number of nitrogens with zero attached hydrogens (tertiary/aromatic N) is 2. The van der Waals surface area contributed by atoms with E-state index in [0.29, 0.717) is 11.5 Å². The molecule has 4 heteroatoms. The highest BCUT2D eigenvalue weighted by Crippen LogP contribution is 2.06. The summed E-state index contributed by atoms with van der Waals surface area (Å²) >= 11 is 0. The van der Waals surface area contributed by atoms with Crippen LogP contribution in [0.5, 0.6) is 0 Å². The molecule has 0 saturated carbocycles. The lowest BCUT2D eigenvalue weighted by atomic mass is 10.2. The van der Waals surface area contributed by atoms with E-state index in [1.165, 1.54) is 0 Å². The summed E-state index contributed by atoms with van der Waals surface area (Å²) in [5.74, 6) is 0.328. The van der Waals surface area contributed by atoms with Crippen molar-refractivity contribution < 1.29 is 4.39 Å². The zero-order chi connectivity index (χ0) is 7.56. The maximum atomic E-state index is 12.0. The molecule has 1 rings (SSSR count). The summed E-state index contributed by atoms with van der Waals surface area (Å²) in [5.41, 5.74) is 6.39. The summed E-state index contributed by atoms with van der Waals surface area (Å²) in [5, 5.41) is 7.04. The second-order valence-corrected chi connectivity index (χ2v) is 2.03. The van der Waals surface area contributed by atoms with Crippen LogP contribution in [-0.2, 0) is 6.67 Å². The Morgan fingerprint density at radius 1 is 1.60 bits per heavy atom. The quantitative estimate of drug-likeness (QED) is 0.630. The average Bonchev–Trinajstić information content (AvgIpc) is 1.88. The molecule has 3 nitrogen and oxygen atoms in total. The number of nitrogens with two attached hydrogens (primary N) is 1. The molecule has 1 heterocycles. The lowest BCUT2D eigenvalue weighted by Crippen LogP contribution is -1.98. The van der Waals surface area contributed by atoms with Gasteiger partial charge in [0, 0.05) is 0 Å². The van der Waals surface area contributed by atoms with E-state index in [0.717, 1.165) is 5.56 Å². The van der Waals surface area contributed by atoms with Crippen molar-refractivity contribution in [2.75, 3.05) is 5.73 Å². The first-order valence-corrected chi connectivity index (χ1v) is 2.88. The molecule has 0 aliphatic carbocycles. The Balaban J connectivity index is 3.07. The van der Waals surface area contributed by atoms with Crippen LogP contribution in [-0.4, -0.2) is 10.2 Å². The molecule has 0 fully saturated rings. The number of halogens is 1. The fourth-order valence-electron chi connectivity index (χ4n) is 0.663. The normalized spacial score (nSPS) is 9.80. The third-order valence-corrected chi connectivity index (χ3v) is 1.23. The highest BCUT2D eigenvalue weighted by Gasteiger charge is 1.99. The molecule has 0 aliphatic rings. The first-order valence-electron chi connectivity index (χ1n) is 2.88. The molecule has 0 spiro atoms. The smallest absolute Gasteiger partial charge is 0.146 e. The van der Waals surface area contributed by atoms with Gasteiger partial charge in [0.2, 0.25) is 0 Å². The average molecular weight is 141 g/mol. The molecular formula is C6H8FN3. The number of anilines is 1. The van der Waals surface area contributed by atoms with Crippen LogP contribution in [0, 0.1) is 6.92 Å². The highest BCUT2D eigenvalue weighted by atomic mass is 19.1. The number of alkyl halides is 1. The van der Waals surface area contributed by atoms with Gasteiger partial charge in [0.1, 0.15) is 12.5 Å². The van der Waals surface area contributed by atoms with Crippen molar-refractivity contribution in [3.8, 4) is 0 Å². The van der Waals surface area contributed by atoms with E-state index in [2.05, 4.69) is 10.2 Å². The fourth-order valence-corrected chi connectivity index (χ4v) is 0.663. The van der Waals surface area contributed by atoms with Gasteiger partial charge < -0.3 is 5.73 Å². The van der Waals surface area contributed by atoms with Gasteiger partial charge in [0.15, 0.2) is 0 Å². The Morgan fingerprint density at radius 3 is 2.80 bits per heavy atom. The van der Waals surface area contributed by atoms with E-state index in [1.54, 1.807) is 13.0 Å². The summed E-state index contributed by atoms with van der Waals surface area (Å²) in [6.45, 7) is 1.17. The molecular weight excluding hydrogens is 133 g/mol. The molecule has 0 amide bonds. The third kappa shape index (κ3) is 1.21. The minimum absolute atomic E-state index is 0.328. The molecule has 0 aliphatic heterocycles. The van der Waals surface area contributed by atoms with Crippen LogP contribution in [0.2, 0.25) is 0 Å². The molecule has 0 bridgehead atoms. The Hall–Kier alpha value is -1.19. The predicted molar refractivity (Wildman–Crippen MR) is 36.0 cm³/mol. The van der Waals surface area contributed by atoms with Gasteiger partial charge >= 0.3 is 0 Å². The highest BCUT2D eigenvalue weighted by molar-refractivity contribution is 5.31. The zero-order valence-corrected chi connectivity index (χ0v) is 5.63. The van der Waals surface area contributed by atoms with E-state index in [1.807, 2.05) is 0 Å². The number of aromatic nitrogens is 2. The van der Waals surface area contributed by atoms with Gasteiger partial charge in [0.05, 0.1) is 5.69 Å². The Morgan fingerprint density at radius 2 is 2.30 bits per heavy atom. The first kappa shape index (κ1) is 6.92. The van der Waals surface area contributed by atoms with Gasteiger partial charge in [-0.25, -0.2) is 4.39 Å². The van der Waals surface area contributed by atoms with Crippen molar-refractivity contribution in [1.29, 1.82) is 0 Å². The molecule has 54 valence electrons. The molecule has 0 saturated heterocycles. The minimum atomic E-state index is -0.584. The summed E-state index contributed by atoms with van der Waals surface area (Å²) in [7, 11) is 0. The van der Waals surface area contributed by atoms with E-state index in [-0.39, 0.29) is 0 Å². The van der Waals surface area contributed by atoms with Gasteiger partial charge in [-0.1, -0.05) is 0 Å². The standard InChI is InChI=1S/C6H8FN3/c1-4-2-6(8)10-9-5(4)3-7/h2H,3H2,1H3,(H2,8,10). The topological polar surface area (TPSA) is 51.8 Å². The van der Waals surface area contributed by atoms with Gasteiger partial charge in [0.25, 0.3) is 0 Å². The van der Waals surface area contributed by atoms with Crippen LogP contribution in [0.15, 0.2) is 6.07 Å². The van der Waals surface area contributed by atoms with Crippen LogP contribution >= 0.6 is 0 Å². The van der Waals surface area contributed by atoms with Gasteiger partial charge in [-0.15, -0.1) is 5.10 Å². The van der Waals surface area contributed by atoms with Crippen molar-refractivity contribution in [2.45, 2.75) is 13.6 Å². The van der Waals surface area contributed by atoms with Crippen LogP contribution in [0.25, 0.3) is 0 Å². The zero-order valence-electron chi connectivity index (χ0n) is 5.63. The molecule has 0 unspecified atom stereocenters. The number of rotatable bonds is 1. The number of aryl methyl sites for hydroxylation is 1. The molecule has 0 atom stereocenters. The van der Waals surface area contributed by atoms with Crippen molar-refractivity contribution in [3.63, 3.8) is 0 Å². The third-order valence-electron chi connectivity index (χ3n) is 1.23. The summed E-state index contributed by atoms with van der Waals surface area (Å²) < 4.78 is 12.0. The number of hydrogen-bond donors (Lipinski definition) is 1. The monoisotopic (exact) mass is 141 g/mol. The van der Waals surface area contributed by atoms with Crippen molar-refractivity contribution >= 4 is 5.82 Å². The fraction of sp³-hybridized carbons (Fsp3) is 0.333. The predicted octanol–water partition coefficient (Wildman–Crippen LogP) is 0.837. The summed E-state index contributed by atoms with van der Waals surface area (Å²) in [6.07, 6.45) is 0. The van der Waals surface area contributed by atoms with Crippen molar-refractivity contribution in [3.05, 3.63) is 17.3 Å². The number of hydrogen-bond acceptors (Lipinski definition) is 3. The van der Waals surface area contributed by atoms with Crippen LogP contribution in [0.3, 0.4) is 0 Å². The molecule has 1 aromatic heterocycles. The summed E-state index contributed by atoms with van der Waals surface area (Å²) in [4.78, 5) is 0. The van der Waals surface area contributed by atoms with Crippen molar-refractivity contribution in [1.82, 2.24) is 10.2 Å². The second kappa shape index (κ2) is 2.60. The molecule has 1 aromatic rings. The molecule has 2 N–H and O–H groups in total. The summed E-state index contributed by atoms with van der Waals surface area (Å²) in [6, 6.07) is 1.60. The SMILES string of the molecule is Cc1cc(N)nnc1CF. The van der Waals surface area contributed by atoms with Crippen molar-refractivity contribution in [2.24, 2.45) is 0 Å².